The van der Waals surface area contributed by atoms with Gasteiger partial charge in [-0.25, -0.2) is 4.39 Å². The summed E-state index contributed by atoms with van der Waals surface area (Å²) in [6.45, 7) is 9.28. The normalized spacial score (nSPS) is 20.8. The van der Waals surface area contributed by atoms with Crippen molar-refractivity contribution in [2.24, 2.45) is 0 Å². The fraction of sp³-hybridized carbons (Fsp3) is 0.400. The molecule has 0 spiro atoms. The summed E-state index contributed by atoms with van der Waals surface area (Å²) < 4.78 is 17.6. The van der Waals surface area contributed by atoms with Crippen LogP contribution in [0.5, 0.6) is 5.75 Å². The van der Waals surface area contributed by atoms with Crippen molar-refractivity contribution in [1.82, 2.24) is 4.90 Å². The summed E-state index contributed by atoms with van der Waals surface area (Å²) >= 11 is 0. The average molecular weight is 396 g/mol. The fourth-order valence-corrected chi connectivity index (χ4v) is 4.04. The number of halogens is 1. The Hall–Kier alpha value is -2.46. The predicted octanol–water partition coefficient (Wildman–Crippen LogP) is 5.35. The number of allylic oxidation sites excluding steroid dienone is 6. The average Bonchev–Trinajstić information content (AvgIpc) is 3.22. The summed E-state index contributed by atoms with van der Waals surface area (Å²) in [6, 6.07) is 9.08. The van der Waals surface area contributed by atoms with Gasteiger partial charge in [-0.15, -0.1) is 0 Å². The van der Waals surface area contributed by atoms with Crippen LogP contribution in [0.1, 0.15) is 39.2 Å². The highest BCUT2D eigenvalue weighted by Crippen LogP contribution is 2.30. The Bertz CT molecular complexity index is 890. The molecule has 154 valence electrons. The summed E-state index contributed by atoms with van der Waals surface area (Å²) in [6.07, 6.45) is 7.95. The van der Waals surface area contributed by atoms with Gasteiger partial charge in [0.1, 0.15) is 11.6 Å². The van der Waals surface area contributed by atoms with E-state index >= 15 is 0 Å². The molecule has 2 bridgehead atoms. The van der Waals surface area contributed by atoms with E-state index in [0.717, 1.165) is 12.2 Å². The second kappa shape index (κ2) is 9.36. The van der Waals surface area contributed by atoms with Crippen LogP contribution in [0.2, 0.25) is 0 Å². The molecule has 3 aliphatic rings. The molecule has 2 aliphatic carbocycles. The molecule has 1 aliphatic heterocycles. The third-order valence-electron chi connectivity index (χ3n) is 5.96. The van der Waals surface area contributed by atoms with Crippen LogP contribution in [-0.2, 0) is 11.2 Å². The van der Waals surface area contributed by atoms with Crippen molar-refractivity contribution >= 4 is 5.78 Å². The van der Waals surface area contributed by atoms with Crippen molar-refractivity contribution in [1.29, 1.82) is 0 Å². The Morgan fingerprint density at radius 1 is 1.17 bits per heavy atom. The molecule has 0 saturated carbocycles. The van der Waals surface area contributed by atoms with Crippen molar-refractivity contribution in [2.75, 3.05) is 20.2 Å². The van der Waals surface area contributed by atoms with Crippen molar-refractivity contribution in [3.8, 4) is 5.75 Å². The van der Waals surface area contributed by atoms with Crippen LogP contribution in [0.25, 0.3) is 0 Å². The molecule has 0 aromatic heterocycles. The Kier molecular flexibility index (Phi) is 6.86. The minimum absolute atomic E-state index is 0.174. The molecule has 1 aromatic rings. The Labute approximate surface area is 173 Å². The van der Waals surface area contributed by atoms with E-state index in [4.69, 9.17) is 4.74 Å². The lowest BCUT2D eigenvalue weighted by Crippen LogP contribution is -2.42. The molecule has 0 radical (unpaired) electrons. The van der Waals surface area contributed by atoms with Crippen LogP contribution in [0, 0.1) is 0 Å². The quantitative estimate of drug-likeness (QED) is 0.630. The number of rotatable bonds is 5. The van der Waals surface area contributed by atoms with Gasteiger partial charge in [0.25, 0.3) is 0 Å². The highest BCUT2D eigenvalue weighted by Gasteiger charge is 2.27. The van der Waals surface area contributed by atoms with Crippen LogP contribution >= 0.6 is 0 Å². The third-order valence-corrected chi connectivity index (χ3v) is 5.96. The van der Waals surface area contributed by atoms with Crippen LogP contribution in [0.15, 0.2) is 70.6 Å². The topological polar surface area (TPSA) is 29.5 Å². The van der Waals surface area contributed by atoms with E-state index in [-0.39, 0.29) is 11.4 Å². The van der Waals surface area contributed by atoms with Gasteiger partial charge in [0.2, 0.25) is 0 Å². The Balaban J connectivity index is 0.000000220. The summed E-state index contributed by atoms with van der Waals surface area (Å²) in [4.78, 5) is 13.4. The van der Waals surface area contributed by atoms with Crippen molar-refractivity contribution in [2.45, 2.75) is 46.1 Å². The van der Waals surface area contributed by atoms with Gasteiger partial charge in [0.05, 0.1) is 12.7 Å². The van der Waals surface area contributed by atoms with E-state index in [1.165, 1.54) is 43.6 Å². The summed E-state index contributed by atoms with van der Waals surface area (Å²) in [5, 5.41) is 0. The Morgan fingerprint density at radius 2 is 1.90 bits per heavy atom. The molecule has 0 N–H and O–H groups in total. The molecule has 4 rings (SSSR count). The van der Waals surface area contributed by atoms with Crippen molar-refractivity contribution in [3.05, 3.63) is 76.2 Å². The molecular formula is C25H30FNO2. The highest BCUT2D eigenvalue weighted by atomic mass is 19.1. The van der Waals surface area contributed by atoms with Gasteiger partial charge in [-0.1, -0.05) is 36.3 Å². The van der Waals surface area contributed by atoms with E-state index in [1.54, 1.807) is 24.3 Å². The second-order valence-corrected chi connectivity index (χ2v) is 7.84. The van der Waals surface area contributed by atoms with Crippen LogP contribution in [0.3, 0.4) is 0 Å². The standard InChI is InChI=1S/C18H27NO.C7H3FO/c1-5-11-19-12-10-14(2)15(3)18(19)13-16-6-8-17(20-4)9-7-16;8-6-3-4-1-2-5(6)7(4)9/h6-9,18H,5,10-13H2,1-4H3;1-3H. The molecular weight excluding hydrogens is 365 g/mol. The van der Waals surface area contributed by atoms with E-state index in [1.807, 2.05) is 0 Å². The lowest BCUT2D eigenvalue weighted by molar-refractivity contribution is -0.111. The second-order valence-electron chi connectivity index (χ2n) is 7.84. The smallest absolute Gasteiger partial charge is 0.196 e. The maximum absolute atomic E-state index is 12.4. The number of Topliss-reactive ketones (excluding diaryl/α,β-unsaturated/α-hetero) is 1. The maximum atomic E-state index is 12.4. The number of ketones is 1. The Morgan fingerprint density at radius 3 is 2.38 bits per heavy atom. The summed E-state index contributed by atoms with van der Waals surface area (Å²) in [5.41, 5.74) is 5.23. The number of nitrogens with zero attached hydrogens (tertiary/aromatic N) is 1. The molecule has 0 saturated heterocycles. The maximum Gasteiger partial charge on any atom is 0.196 e. The molecule has 1 heterocycles. The van der Waals surface area contributed by atoms with Gasteiger partial charge in [-0.05, 0) is 69.5 Å². The van der Waals surface area contributed by atoms with E-state index in [9.17, 15) is 9.18 Å². The van der Waals surface area contributed by atoms with Gasteiger partial charge in [0, 0.05) is 18.2 Å². The first kappa shape index (κ1) is 21.3. The van der Waals surface area contributed by atoms with Gasteiger partial charge >= 0.3 is 0 Å². The zero-order valence-electron chi connectivity index (χ0n) is 17.8. The van der Waals surface area contributed by atoms with Gasteiger partial charge < -0.3 is 4.74 Å². The summed E-state index contributed by atoms with van der Waals surface area (Å²) in [5.74, 6) is 0.372. The summed E-state index contributed by atoms with van der Waals surface area (Å²) in [7, 11) is 1.72. The van der Waals surface area contributed by atoms with E-state index < -0.39 is 5.83 Å². The number of carbonyl (C=O) groups excluding carboxylic acids is 1. The van der Waals surface area contributed by atoms with Crippen molar-refractivity contribution < 1.29 is 13.9 Å². The fourth-order valence-electron chi connectivity index (χ4n) is 4.04. The van der Waals surface area contributed by atoms with E-state index in [2.05, 4.69) is 49.9 Å². The van der Waals surface area contributed by atoms with Crippen LogP contribution in [-0.4, -0.2) is 36.9 Å². The number of fused-ring (bicyclic) bond motifs is 2. The zero-order chi connectivity index (χ0) is 21.0. The SMILES string of the molecule is CCCN1CCC(C)=C(C)C1Cc1ccc(OC)cc1.O=C1C2=CC(F)=C1C=C2. The molecule has 3 nitrogen and oxygen atoms in total. The molecule has 0 fully saturated rings. The minimum Gasteiger partial charge on any atom is -0.497 e. The van der Waals surface area contributed by atoms with E-state index in [0.29, 0.717) is 11.6 Å². The zero-order valence-corrected chi connectivity index (χ0v) is 17.8. The molecule has 1 unspecified atom stereocenters. The monoisotopic (exact) mass is 395 g/mol. The van der Waals surface area contributed by atoms with Crippen LogP contribution in [0.4, 0.5) is 4.39 Å². The van der Waals surface area contributed by atoms with Crippen LogP contribution < -0.4 is 4.74 Å². The largest absolute Gasteiger partial charge is 0.497 e. The van der Waals surface area contributed by atoms with Gasteiger partial charge in [-0.3, -0.25) is 9.69 Å². The number of benzene rings is 1. The first-order valence-electron chi connectivity index (χ1n) is 10.3. The lowest BCUT2D eigenvalue weighted by atomic mass is 9.90. The predicted molar refractivity (Wildman–Crippen MR) is 116 cm³/mol. The lowest BCUT2D eigenvalue weighted by Gasteiger charge is -2.37. The molecule has 1 aromatic carbocycles. The molecule has 1 atom stereocenters. The number of ether oxygens (including phenoxy) is 1. The molecule has 4 heteroatoms. The first-order valence-corrected chi connectivity index (χ1v) is 10.3. The number of methoxy groups -OCH3 is 1. The third kappa shape index (κ3) is 4.76. The van der Waals surface area contributed by atoms with Gasteiger partial charge in [-0.2, -0.15) is 0 Å². The van der Waals surface area contributed by atoms with Crippen molar-refractivity contribution in [3.63, 3.8) is 0 Å². The first-order chi connectivity index (χ1) is 13.9. The number of hydrogen-bond acceptors (Lipinski definition) is 3. The molecule has 29 heavy (non-hydrogen) atoms. The number of carbonyl (C=O) groups is 1. The number of hydrogen-bond donors (Lipinski definition) is 0. The highest BCUT2D eigenvalue weighted by molar-refractivity contribution is 6.18. The minimum atomic E-state index is -0.391. The van der Waals surface area contributed by atoms with Gasteiger partial charge in [0.15, 0.2) is 5.78 Å². The molecule has 0 amide bonds.